The molecular formula is C21H32OS. The van der Waals surface area contributed by atoms with E-state index in [1.165, 1.54) is 22.9 Å². The van der Waals surface area contributed by atoms with Crippen molar-refractivity contribution in [1.29, 1.82) is 0 Å². The molecule has 1 aromatic rings. The number of allylic oxidation sites excluding steroid dienone is 4. The molecular weight excluding hydrogens is 300 g/mol. The number of hydrogen-bond acceptors (Lipinski definition) is 2. The van der Waals surface area contributed by atoms with Gasteiger partial charge in [0, 0.05) is 10.8 Å². The lowest BCUT2D eigenvalue weighted by molar-refractivity contribution is -0.116. The first-order valence-electron chi connectivity index (χ1n) is 8.37. The maximum atomic E-state index is 12.3. The SMILES string of the molecule is C/C=C\C=C(/C)c1ccc(SC(=O)C(C)C(C)(C)C)cc1.CC. The molecule has 0 aliphatic carbocycles. The molecule has 0 fully saturated rings. The Morgan fingerprint density at radius 3 is 2.09 bits per heavy atom. The van der Waals surface area contributed by atoms with Gasteiger partial charge in [-0.2, -0.15) is 0 Å². The molecule has 0 heterocycles. The van der Waals surface area contributed by atoms with E-state index in [1.54, 1.807) is 0 Å². The highest BCUT2D eigenvalue weighted by Gasteiger charge is 2.27. The van der Waals surface area contributed by atoms with Gasteiger partial charge in [-0.1, -0.05) is 83.7 Å². The Kier molecular flexibility index (Phi) is 9.90. The average Bonchev–Trinajstić information content (AvgIpc) is 2.53. The van der Waals surface area contributed by atoms with E-state index in [2.05, 4.69) is 45.9 Å². The van der Waals surface area contributed by atoms with Gasteiger partial charge in [0.1, 0.15) is 0 Å². The molecule has 1 nitrogen and oxygen atoms in total. The summed E-state index contributed by atoms with van der Waals surface area (Å²) in [5.41, 5.74) is 2.42. The first-order valence-corrected chi connectivity index (χ1v) is 9.19. The summed E-state index contributed by atoms with van der Waals surface area (Å²) in [7, 11) is 0. The zero-order chi connectivity index (χ0) is 18.0. The van der Waals surface area contributed by atoms with Crippen molar-refractivity contribution >= 4 is 22.5 Å². The van der Waals surface area contributed by atoms with E-state index in [0.717, 1.165) is 4.90 Å². The molecule has 128 valence electrons. The first-order chi connectivity index (χ1) is 10.8. The van der Waals surface area contributed by atoms with Crippen LogP contribution in [-0.4, -0.2) is 5.12 Å². The van der Waals surface area contributed by atoms with Crippen molar-refractivity contribution in [3.05, 3.63) is 48.1 Å². The molecule has 0 aliphatic heterocycles. The summed E-state index contributed by atoms with van der Waals surface area (Å²) in [5.74, 6) is 0.0403. The molecule has 1 rings (SSSR count). The summed E-state index contributed by atoms with van der Waals surface area (Å²) in [6, 6.07) is 8.21. The first kappa shape index (κ1) is 21.7. The maximum Gasteiger partial charge on any atom is 0.197 e. The summed E-state index contributed by atoms with van der Waals surface area (Å²) in [5, 5.41) is 0.233. The fourth-order valence-corrected chi connectivity index (χ4v) is 2.72. The highest BCUT2D eigenvalue weighted by molar-refractivity contribution is 8.13. The molecule has 1 unspecified atom stereocenters. The van der Waals surface area contributed by atoms with E-state index in [4.69, 9.17) is 0 Å². The summed E-state index contributed by atoms with van der Waals surface area (Å²) in [4.78, 5) is 13.3. The Morgan fingerprint density at radius 2 is 1.65 bits per heavy atom. The second-order valence-electron chi connectivity index (χ2n) is 6.41. The summed E-state index contributed by atoms with van der Waals surface area (Å²) < 4.78 is 0. The molecule has 1 atom stereocenters. The fourth-order valence-electron chi connectivity index (χ4n) is 1.68. The molecule has 23 heavy (non-hydrogen) atoms. The molecule has 0 bridgehead atoms. The number of rotatable bonds is 4. The lowest BCUT2D eigenvalue weighted by Crippen LogP contribution is -2.23. The van der Waals surface area contributed by atoms with Gasteiger partial charge >= 0.3 is 0 Å². The van der Waals surface area contributed by atoms with Gasteiger partial charge in [0.05, 0.1) is 0 Å². The normalized spacial score (nSPS) is 13.5. The van der Waals surface area contributed by atoms with Crippen LogP contribution in [0.25, 0.3) is 5.57 Å². The summed E-state index contributed by atoms with van der Waals surface area (Å²) in [6.45, 7) is 16.4. The summed E-state index contributed by atoms with van der Waals surface area (Å²) >= 11 is 1.34. The minimum absolute atomic E-state index is 0.00976. The topological polar surface area (TPSA) is 17.1 Å². The fraction of sp³-hybridized carbons (Fsp3) is 0.476. The number of benzene rings is 1. The third-order valence-electron chi connectivity index (χ3n) is 3.72. The van der Waals surface area contributed by atoms with Crippen LogP contribution in [0.4, 0.5) is 0 Å². The van der Waals surface area contributed by atoms with Crippen LogP contribution in [-0.2, 0) is 4.79 Å². The van der Waals surface area contributed by atoms with E-state index < -0.39 is 0 Å². The minimum Gasteiger partial charge on any atom is -0.287 e. The molecule has 0 aromatic heterocycles. The van der Waals surface area contributed by atoms with E-state index in [0.29, 0.717) is 0 Å². The Hall–Kier alpha value is -1.28. The number of carbonyl (C=O) groups excluding carboxylic acids is 1. The van der Waals surface area contributed by atoms with Crippen LogP contribution in [0, 0.1) is 11.3 Å². The molecule has 0 saturated heterocycles. The molecule has 1 aromatic carbocycles. The number of carbonyl (C=O) groups is 1. The molecule has 0 N–H and O–H groups in total. The lowest BCUT2D eigenvalue weighted by Gasteiger charge is -2.25. The van der Waals surface area contributed by atoms with Gasteiger partial charge in [-0.15, -0.1) is 0 Å². The van der Waals surface area contributed by atoms with Gasteiger partial charge in [0.2, 0.25) is 0 Å². The van der Waals surface area contributed by atoms with Crippen LogP contribution in [0.3, 0.4) is 0 Å². The smallest absolute Gasteiger partial charge is 0.197 e. The molecule has 0 saturated carbocycles. The van der Waals surface area contributed by atoms with Crippen molar-refractivity contribution in [3.63, 3.8) is 0 Å². The van der Waals surface area contributed by atoms with Crippen LogP contribution < -0.4 is 0 Å². The van der Waals surface area contributed by atoms with E-state index in [1.807, 2.05) is 52.0 Å². The Balaban J connectivity index is 0.00000232. The zero-order valence-electron chi connectivity index (χ0n) is 15.9. The largest absolute Gasteiger partial charge is 0.287 e. The third-order valence-corrected chi connectivity index (χ3v) is 4.78. The highest BCUT2D eigenvalue weighted by Crippen LogP contribution is 2.33. The molecule has 2 heteroatoms. The van der Waals surface area contributed by atoms with Crippen molar-refractivity contribution < 1.29 is 4.79 Å². The second-order valence-corrected chi connectivity index (χ2v) is 7.49. The van der Waals surface area contributed by atoms with Gasteiger partial charge in [-0.25, -0.2) is 0 Å². The van der Waals surface area contributed by atoms with Crippen molar-refractivity contribution in [2.24, 2.45) is 11.3 Å². The number of hydrogen-bond donors (Lipinski definition) is 0. The number of thioether (sulfide) groups is 1. The van der Waals surface area contributed by atoms with Crippen LogP contribution in [0.1, 0.15) is 61.0 Å². The third kappa shape index (κ3) is 7.69. The highest BCUT2D eigenvalue weighted by atomic mass is 32.2. The van der Waals surface area contributed by atoms with Crippen molar-refractivity contribution in [2.75, 3.05) is 0 Å². The summed E-state index contributed by atoms with van der Waals surface area (Å²) in [6.07, 6.45) is 6.14. The van der Waals surface area contributed by atoms with Gasteiger partial charge in [-0.3, -0.25) is 4.79 Å². The van der Waals surface area contributed by atoms with Crippen molar-refractivity contribution in [1.82, 2.24) is 0 Å². The molecule has 0 radical (unpaired) electrons. The zero-order valence-corrected chi connectivity index (χ0v) is 16.8. The monoisotopic (exact) mass is 332 g/mol. The van der Waals surface area contributed by atoms with Gasteiger partial charge in [0.25, 0.3) is 0 Å². The van der Waals surface area contributed by atoms with Gasteiger partial charge < -0.3 is 0 Å². The van der Waals surface area contributed by atoms with E-state index >= 15 is 0 Å². The molecule has 0 spiro atoms. The van der Waals surface area contributed by atoms with Crippen molar-refractivity contribution in [3.8, 4) is 0 Å². The van der Waals surface area contributed by atoms with Crippen molar-refractivity contribution in [2.45, 2.75) is 60.3 Å². The molecule has 0 amide bonds. The van der Waals surface area contributed by atoms with Crippen LogP contribution >= 0.6 is 11.8 Å². The predicted octanol–water partition coefficient (Wildman–Crippen LogP) is 6.99. The minimum atomic E-state index is 0.00976. The quantitative estimate of drug-likeness (QED) is 0.436. The van der Waals surface area contributed by atoms with Gasteiger partial charge in [-0.05, 0) is 42.5 Å². The Labute approximate surface area is 147 Å². The second kappa shape index (κ2) is 10.5. The van der Waals surface area contributed by atoms with Crippen LogP contribution in [0.5, 0.6) is 0 Å². The Bertz CT molecular complexity index is 530. The van der Waals surface area contributed by atoms with Gasteiger partial charge in [0.15, 0.2) is 5.12 Å². The standard InChI is InChI=1S/C19H26OS.C2H6/c1-7-8-9-14(2)16-10-12-17(13-11-16)21-18(20)15(3)19(4,5)6;1-2/h7-13,15H,1-6H3;1-2H3/b8-7-,14-9+;. The average molecular weight is 333 g/mol. The molecule has 0 aliphatic rings. The lowest BCUT2D eigenvalue weighted by atomic mass is 9.83. The van der Waals surface area contributed by atoms with E-state index in [-0.39, 0.29) is 16.4 Å². The van der Waals surface area contributed by atoms with E-state index in [9.17, 15) is 4.79 Å². The Morgan fingerprint density at radius 1 is 1.13 bits per heavy atom. The predicted molar refractivity (Wildman–Crippen MR) is 106 cm³/mol. The van der Waals surface area contributed by atoms with Crippen LogP contribution in [0.2, 0.25) is 0 Å². The maximum absolute atomic E-state index is 12.3. The van der Waals surface area contributed by atoms with Crippen LogP contribution in [0.15, 0.2) is 47.4 Å².